The lowest BCUT2D eigenvalue weighted by Gasteiger charge is -2.04. The lowest BCUT2D eigenvalue weighted by Crippen LogP contribution is -2.06. The topological polar surface area (TPSA) is 56.0 Å². The minimum atomic E-state index is -2.94. The van der Waals surface area contributed by atoms with Gasteiger partial charge in [0.15, 0.2) is 11.6 Å². The molecule has 0 spiro atoms. The summed E-state index contributed by atoms with van der Waals surface area (Å²) < 4.78 is 37.2. The fourth-order valence-electron chi connectivity index (χ4n) is 0.824. The number of alkyl halides is 2. The number of hydrogen-bond acceptors (Lipinski definition) is 3. The molecule has 0 fully saturated rings. The Balaban J connectivity index is 3.35. The van der Waals surface area contributed by atoms with Gasteiger partial charge in [-0.25, -0.2) is 18.2 Å². The quantitative estimate of drug-likeness (QED) is 0.783. The first-order valence-electron chi connectivity index (χ1n) is 3.37. The average Bonchev–Trinajstić information content (AvgIpc) is 2.08. The third-order valence-corrected chi connectivity index (χ3v) is 1.64. The van der Waals surface area contributed by atoms with Crippen molar-refractivity contribution in [3.05, 3.63) is 23.1 Å². The summed E-state index contributed by atoms with van der Waals surface area (Å²) >= 11 is 4.95. The van der Waals surface area contributed by atoms with Crippen molar-refractivity contribution in [3.8, 4) is 0 Å². The van der Waals surface area contributed by atoms with Crippen LogP contribution in [0.15, 0.2) is 6.07 Å². The number of nitrogen functional groups attached to an aromatic ring is 1. The van der Waals surface area contributed by atoms with E-state index in [1.165, 1.54) is 0 Å². The van der Waals surface area contributed by atoms with Gasteiger partial charge in [-0.05, 0) is 17.7 Å². The maximum Gasteiger partial charge on any atom is 0.280 e. The molecule has 0 saturated heterocycles. The van der Waals surface area contributed by atoms with Gasteiger partial charge in [-0.2, -0.15) is 0 Å². The summed E-state index contributed by atoms with van der Waals surface area (Å²) in [4.78, 5) is 13.6. The molecule has 1 aromatic heterocycles. The van der Waals surface area contributed by atoms with Crippen LogP contribution in [0.3, 0.4) is 0 Å². The van der Waals surface area contributed by atoms with E-state index in [0.29, 0.717) is 6.07 Å². The zero-order valence-corrected chi connectivity index (χ0v) is 7.36. The summed E-state index contributed by atoms with van der Waals surface area (Å²) in [5.74, 6) is -1.96. The monoisotopic (exact) mass is 224 g/mol. The van der Waals surface area contributed by atoms with Gasteiger partial charge in [0.25, 0.3) is 11.7 Å². The highest BCUT2D eigenvalue weighted by atomic mass is 35.5. The summed E-state index contributed by atoms with van der Waals surface area (Å²) in [7, 11) is 0. The Morgan fingerprint density at radius 1 is 1.57 bits per heavy atom. The number of nitrogens with zero attached hydrogens (tertiary/aromatic N) is 1. The molecule has 0 atom stereocenters. The van der Waals surface area contributed by atoms with Crippen LogP contribution in [0.25, 0.3) is 0 Å². The zero-order chi connectivity index (χ0) is 10.9. The van der Waals surface area contributed by atoms with E-state index in [-0.39, 0.29) is 0 Å². The fourth-order valence-corrected chi connectivity index (χ4v) is 0.962. The molecular formula is C7H4ClF3N2O. The van der Waals surface area contributed by atoms with Crippen LogP contribution < -0.4 is 5.73 Å². The second-order valence-corrected chi connectivity index (χ2v) is 2.71. The van der Waals surface area contributed by atoms with Crippen molar-refractivity contribution >= 4 is 22.7 Å². The number of hydrogen-bond donors (Lipinski definition) is 1. The lowest BCUT2D eigenvalue weighted by atomic mass is 10.2. The Morgan fingerprint density at radius 3 is 2.57 bits per heavy atom. The molecule has 2 N–H and O–H groups in total. The van der Waals surface area contributed by atoms with E-state index >= 15 is 0 Å². The molecule has 0 radical (unpaired) electrons. The smallest absolute Gasteiger partial charge is 0.280 e. The van der Waals surface area contributed by atoms with Gasteiger partial charge in [0, 0.05) is 0 Å². The number of halogens is 4. The highest BCUT2D eigenvalue weighted by Crippen LogP contribution is 2.23. The average molecular weight is 225 g/mol. The van der Waals surface area contributed by atoms with Crippen LogP contribution in [0.4, 0.5) is 19.0 Å². The predicted molar refractivity (Wildman–Crippen MR) is 43.7 cm³/mol. The highest BCUT2D eigenvalue weighted by molar-refractivity contribution is 6.67. The van der Waals surface area contributed by atoms with Gasteiger partial charge in [0.05, 0.1) is 5.56 Å². The van der Waals surface area contributed by atoms with Gasteiger partial charge in [-0.3, -0.25) is 4.79 Å². The molecule has 0 aliphatic heterocycles. The summed E-state index contributed by atoms with van der Waals surface area (Å²) in [5, 5.41) is -1.20. The van der Waals surface area contributed by atoms with Crippen LogP contribution in [-0.2, 0) is 0 Å². The largest absolute Gasteiger partial charge is 0.381 e. The Hall–Kier alpha value is -1.30. The number of rotatable bonds is 2. The van der Waals surface area contributed by atoms with E-state index in [2.05, 4.69) is 4.98 Å². The fraction of sp³-hybridized carbons (Fsp3) is 0.143. The molecule has 76 valence electrons. The first kappa shape index (κ1) is 10.8. The molecular weight excluding hydrogens is 221 g/mol. The van der Waals surface area contributed by atoms with Gasteiger partial charge in [-0.15, -0.1) is 0 Å². The third-order valence-electron chi connectivity index (χ3n) is 1.44. The van der Waals surface area contributed by atoms with Crippen molar-refractivity contribution in [1.29, 1.82) is 0 Å². The molecule has 0 saturated carbocycles. The number of carbonyl (C=O) groups is 1. The van der Waals surface area contributed by atoms with E-state index in [9.17, 15) is 18.0 Å². The zero-order valence-electron chi connectivity index (χ0n) is 6.60. The Morgan fingerprint density at radius 2 is 2.14 bits per heavy atom. The molecule has 1 aromatic rings. The molecule has 1 heterocycles. The Kier molecular flexibility index (Phi) is 2.95. The number of anilines is 1. The molecule has 1 rings (SSSR count). The number of pyridine rings is 1. The van der Waals surface area contributed by atoms with Crippen LogP contribution in [0.5, 0.6) is 0 Å². The molecule has 0 aliphatic rings. The molecule has 0 amide bonds. The van der Waals surface area contributed by atoms with Gasteiger partial charge in [0.1, 0.15) is 5.69 Å². The number of nitrogens with two attached hydrogens (primary N) is 1. The molecule has 3 nitrogen and oxygen atoms in total. The molecule has 0 unspecified atom stereocenters. The van der Waals surface area contributed by atoms with E-state index < -0.39 is 34.6 Å². The second-order valence-electron chi connectivity index (χ2n) is 2.37. The molecule has 7 heteroatoms. The van der Waals surface area contributed by atoms with Crippen LogP contribution in [0.2, 0.25) is 0 Å². The van der Waals surface area contributed by atoms with E-state index in [1.54, 1.807) is 0 Å². The standard InChI is InChI=1S/C7H4ClF3N2O/c8-5(14)2-1-3(6(10)11)13-7(12)4(2)9/h1,6H,(H2,12,13). The summed E-state index contributed by atoms with van der Waals surface area (Å²) in [6.45, 7) is 0. The van der Waals surface area contributed by atoms with E-state index in [1.807, 2.05) is 0 Å². The predicted octanol–water partition coefficient (Wildman–Crippen LogP) is 2.12. The number of carbonyl (C=O) groups excluding carboxylic acids is 1. The van der Waals surface area contributed by atoms with E-state index in [4.69, 9.17) is 17.3 Å². The van der Waals surface area contributed by atoms with Gasteiger partial charge in [0.2, 0.25) is 0 Å². The first-order chi connectivity index (χ1) is 6.43. The van der Waals surface area contributed by atoms with Crippen LogP contribution >= 0.6 is 11.6 Å². The summed E-state index contributed by atoms with van der Waals surface area (Å²) in [6.07, 6.45) is -2.94. The van der Waals surface area contributed by atoms with Gasteiger partial charge in [-0.1, -0.05) is 0 Å². The van der Waals surface area contributed by atoms with Crippen molar-refractivity contribution in [2.75, 3.05) is 5.73 Å². The maximum atomic E-state index is 13.0. The number of aromatic nitrogens is 1. The Labute approximate surface area is 81.7 Å². The lowest BCUT2D eigenvalue weighted by molar-refractivity contribution is 0.107. The van der Waals surface area contributed by atoms with Crippen molar-refractivity contribution < 1.29 is 18.0 Å². The van der Waals surface area contributed by atoms with Crippen LogP contribution in [0, 0.1) is 5.82 Å². The van der Waals surface area contributed by atoms with Crippen LogP contribution in [0.1, 0.15) is 22.5 Å². The summed E-state index contributed by atoms with van der Waals surface area (Å²) in [6, 6.07) is 0.575. The minimum absolute atomic E-state index is 0.575. The van der Waals surface area contributed by atoms with Crippen LogP contribution in [-0.4, -0.2) is 10.2 Å². The SMILES string of the molecule is Nc1nc(C(F)F)cc(C(=O)Cl)c1F. The highest BCUT2D eigenvalue weighted by Gasteiger charge is 2.19. The molecule has 0 aromatic carbocycles. The third kappa shape index (κ3) is 1.95. The van der Waals surface area contributed by atoms with Crippen molar-refractivity contribution in [3.63, 3.8) is 0 Å². The van der Waals surface area contributed by atoms with Crippen molar-refractivity contribution in [2.45, 2.75) is 6.43 Å². The normalized spacial score (nSPS) is 10.6. The molecule has 14 heavy (non-hydrogen) atoms. The maximum absolute atomic E-state index is 13.0. The minimum Gasteiger partial charge on any atom is -0.381 e. The van der Waals surface area contributed by atoms with Crippen molar-refractivity contribution in [1.82, 2.24) is 4.98 Å². The van der Waals surface area contributed by atoms with Crippen molar-refractivity contribution in [2.24, 2.45) is 0 Å². The first-order valence-corrected chi connectivity index (χ1v) is 3.75. The summed E-state index contributed by atoms with van der Waals surface area (Å²) in [5.41, 5.74) is 3.48. The van der Waals surface area contributed by atoms with Gasteiger partial charge >= 0.3 is 0 Å². The van der Waals surface area contributed by atoms with Gasteiger partial charge < -0.3 is 5.73 Å². The molecule has 0 aliphatic carbocycles. The Bertz CT molecular complexity index is 383. The van der Waals surface area contributed by atoms with E-state index in [0.717, 1.165) is 0 Å². The second kappa shape index (κ2) is 3.83. The molecule has 0 bridgehead atoms.